The van der Waals surface area contributed by atoms with Crippen molar-refractivity contribution in [1.82, 2.24) is 4.90 Å². The number of hydrogen-bond acceptors (Lipinski definition) is 3. The zero-order chi connectivity index (χ0) is 13.2. The van der Waals surface area contributed by atoms with Crippen LogP contribution in [0.1, 0.15) is 13.3 Å². The first-order valence-corrected chi connectivity index (χ1v) is 7.73. The number of likely N-dealkylation sites (tertiary alicyclic amines) is 1. The molecule has 0 amide bonds. The molecule has 0 aliphatic carbocycles. The van der Waals surface area contributed by atoms with Crippen molar-refractivity contribution in [3.05, 3.63) is 28.2 Å². The summed E-state index contributed by atoms with van der Waals surface area (Å²) in [4.78, 5) is 3.31. The third-order valence-corrected chi connectivity index (χ3v) is 4.80. The van der Waals surface area contributed by atoms with E-state index >= 15 is 0 Å². The van der Waals surface area contributed by atoms with Crippen molar-refractivity contribution in [3.63, 3.8) is 0 Å². The zero-order valence-electron chi connectivity index (χ0n) is 10.3. The second-order valence-electron chi connectivity index (χ2n) is 4.95. The lowest BCUT2D eigenvalue weighted by molar-refractivity contribution is 0.0696. The van der Waals surface area contributed by atoms with E-state index in [1.54, 1.807) is 17.8 Å². The van der Waals surface area contributed by atoms with Crippen LogP contribution in [0.3, 0.4) is 0 Å². The highest BCUT2D eigenvalue weighted by Crippen LogP contribution is 2.30. The SMILES string of the molecule is CC1(O)CCN(CCSc2cc(Cl)ccc2Cl)C1. The molecule has 1 saturated heterocycles. The first-order chi connectivity index (χ1) is 8.46. The van der Waals surface area contributed by atoms with Gasteiger partial charge in [-0.15, -0.1) is 11.8 Å². The second-order valence-corrected chi connectivity index (χ2v) is 6.93. The van der Waals surface area contributed by atoms with Gasteiger partial charge in [-0.3, -0.25) is 4.90 Å². The number of halogens is 2. The molecule has 1 aliphatic heterocycles. The first kappa shape index (κ1) is 14.5. The Balaban J connectivity index is 1.80. The molecule has 1 heterocycles. The molecule has 0 radical (unpaired) electrons. The summed E-state index contributed by atoms with van der Waals surface area (Å²) in [6.07, 6.45) is 0.857. The van der Waals surface area contributed by atoms with E-state index in [1.165, 1.54) is 0 Å². The molecule has 1 fully saturated rings. The smallest absolute Gasteiger partial charge is 0.0758 e. The van der Waals surface area contributed by atoms with E-state index in [0.717, 1.165) is 41.7 Å². The summed E-state index contributed by atoms with van der Waals surface area (Å²) in [6, 6.07) is 5.52. The quantitative estimate of drug-likeness (QED) is 0.861. The molecule has 5 heteroatoms. The minimum atomic E-state index is -0.516. The molecule has 0 bridgehead atoms. The van der Waals surface area contributed by atoms with E-state index in [1.807, 2.05) is 19.1 Å². The van der Waals surface area contributed by atoms with E-state index in [-0.39, 0.29) is 0 Å². The zero-order valence-corrected chi connectivity index (χ0v) is 12.7. The van der Waals surface area contributed by atoms with Crippen LogP contribution in [0.25, 0.3) is 0 Å². The van der Waals surface area contributed by atoms with Gasteiger partial charge in [0.25, 0.3) is 0 Å². The third kappa shape index (κ3) is 4.04. The molecule has 100 valence electrons. The van der Waals surface area contributed by atoms with Gasteiger partial charge in [0.15, 0.2) is 0 Å². The molecule has 2 nitrogen and oxygen atoms in total. The van der Waals surface area contributed by atoms with Gasteiger partial charge >= 0.3 is 0 Å². The molecule has 18 heavy (non-hydrogen) atoms. The van der Waals surface area contributed by atoms with Crippen LogP contribution in [0, 0.1) is 0 Å². The lowest BCUT2D eigenvalue weighted by atomic mass is 10.1. The Hall–Kier alpha value is 0.0700. The van der Waals surface area contributed by atoms with Crippen LogP contribution in [-0.4, -0.2) is 41.0 Å². The topological polar surface area (TPSA) is 23.5 Å². The molecule has 1 atom stereocenters. The predicted octanol–water partition coefficient (Wildman–Crippen LogP) is 3.54. The minimum Gasteiger partial charge on any atom is -0.389 e. The average Bonchev–Trinajstić information content (AvgIpc) is 2.63. The fourth-order valence-electron chi connectivity index (χ4n) is 2.10. The molecule has 0 saturated carbocycles. The maximum Gasteiger partial charge on any atom is 0.0758 e. The van der Waals surface area contributed by atoms with Crippen LogP contribution < -0.4 is 0 Å². The molecule has 1 aliphatic rings. The van der Waals surface area contributed by atoms with Gasteiger partial charge < -0.3 is 5.11 Å². The summed E-state index contributed by atoms with van der Waals surface area (Å²) in [7, 11) is 0. The number of nitrogens with zero attached hydrogens (tertiary/aromatic N) is 1. The lowest BCUT2D eigenvalue weighted by Gasteiger charge is -2.18. The molecule has 0 spiro atoms. The highest BCUT2D eigenvalue weighted by atomic mass is 35.5. The molecule has 1 aromatic carbocycles. The van der Waals surface area contributed by atoms with Gasteiger partial charge in [-0.25, -0.2) is 0 Å². The van der Waals surface area contributed by atoms with Gasteiger partial charge in [0.2, 0.25) is 0 Å². The Morgan fingerprint density at radius 3 is 2.89 bits per heavy atom. The van der Waals surface area contributed by atoms with Crippen molar-refractivity contribution < 1.29 is 5.11 Å². The van der Waals surface area contributed by atoms with Gasteiger partial charge in [0.1, 0.15) is 0 Å². The lowest BCUT2D eigenvalue weighted by Crippen LogP contribution is -2.30. The standard InChI is InChI=1S/C13H17Cl2NOS/c1-13(17)4-5-16(9-13)6-7-18-12-8-10(14)2-3-11(12)15/h2-3,8,17H,4-7,9H2,1H3. The van der Waals surface area contributed by atoms with E-state index in [0.29, 0.717) is 5.02 Å². The van der Waals surface area contributed by atoms with Gasteiger partial charge in [0.05, 0.1) is 10.6 Å². The van der Waals surface area contributed by atoms with E-state index < -0.39 is 5.60 Å². The molecule has 0 aromatic heterocycles. The molecule has 1 aromatic rings. The van der Waals surface area contributed by atoms with Crippen molar-refractivity contribution in [2.24, 2.45) is 0 Å². The Kier molecular flexibility index (Phi) is 4.84. The fraction of sp³-hybridized carbons (Fsp3) is 0.538. The van der Waals surface area contributed by atoms with Crippen LogP contribution in [0.4, 0.5) is 0 Å². The molecular weight excluding hydrogens is 289 g/mol. The van der Waals surface area contributed by atoms with Crippen molar-refractivity contribution in [3.8, 4) is 0 Å². The minimum absolute atomic E-state index is 0.516. The van der Waals surface area contributed by atoms with Gasteiger partial charge in [-0.2, -0.15) is 0 Å². The van der Waals surface area contributed by atoms with Crippen molar-refractivity contribution in [2.45, 2.75) is 23.8 Å². The molecule has 1 N–H and O–H groups in total. The summed E-state index contributed by atoms with van der Waals surface area (Å²) >= 11 is 13.8. The fourth-order valence-corrected chi connectivity index (χ4v) is 3.61. The van der Waals surface area contributed by atoms with Gasteiger partial charge in [-0.1, -0.05) is 23.2 Å². The second kappa shape index (κ2) is 6.02. The summed E-state index contributed by atoms with van der Waals surface area (Å²) in [5.74, 6) is 0.955. The maximum atomic E-state index is 9.87. The first-order valence-electron chi connectivity index (χ1n) is 5.99. The van der Waals surface area contributed by atoms with Crippen molar-refractivity contribution in [2.75, 3.05) is 25.4 Å². The molecule has 1 unspecified atom stereocenters. The van der Waals surface area contributed by atoms with Crippen molar-refractivity contribution >= 4 is 35.0 Å². The van der Waals surface area contributed by atoms with Crippen LogP contribution in [0.2, 0.25) is 10.0 Å². The maximum absolute atomic E-state index is 9.87. The van der Waals surface area contributed by atoms with E-state index in [4.69, 9.17) is 23.2 Å². The number of hydrogen-bond donors (Lipinski definition) is 1. The Morgan fingerprint density at radius 1 is 1.44 bits per heavy atom. The van der Waals surface area contributed by atoms with Crippen molar-refractivity contribution in [1.29, 1.82) is 0 Å². The number of thioether (sulfide) groups is 1. The third-order valence-electron chi connectivity index (χ3n) is 3.09. The number of aliphatic hydroxyl groups is 1. The molecular formula is C13H17Cl2NOS. The number of benzene rings is 1. The monoisotopic (exact) mass is 305 g/mol. The molecule has 2 rings (SSSR count). The van der Waals surface area contributed by atoms with E-state index in [2.05, 4.69) is 4.90 Å². The summed E-state index contributed by atoms with van der Waals surface area (Å²) < 4.78 is 0. The van der Waals surface area contributed by atoms with Crippen LogP contribution in [0.5, 0.6) is 0 Å². The average molecular weight is 306 g/mol. The number of β-amino-alcohol motifs (C(OH)–C–C–N with tert-alkyl or cyclic N) is 1. The summed E-state index contributed by atoms with van der Waals surface area (Å²) in [6.45, 7) is 4.59. The normalized spacial score (nSPS) is 24.7. The highest BCUT2D eigenvalue weighted by molar-refractivity contribution is 7.99. The summed E-state index contributed by atoms with van der Waals surface area (Å²) in [5, 5.41) is 11.3. The summed E-state index contributed by atoms with van der Waals surface area (Å²) in [5.41, 5.74) is -0.516. The van der Waals surface area contributed by atoms with Crippen LogP contribution in [-0.2, 0) is 0 Å². The predicted molar refractivity (Wildman–Crippen MR) is 78.9 cm³/mol. The van der Waals surface area contributed by atoms with E-state index in [9.17, 15) is 5.11 Å². The Bertz CT molecular complexity index is 425. The highest BCUT2D eigenvalue weighted by Gasteiger charge is 2.30. The number of rotatable bonds is 4. The van der Waals surface area contributed by atoms with Crippen LogP contribution in [0.15, 0.2) is 23.1 Å². The van der Waals surface area contributed by atoms with Gasteiger partial charge in [-0.05, 0) is 31.5 Å². The Labute approximate surface area is 122 Å². The van der Waals surface area contributed by atoms with Gasteiger partial charge in [0, 0.05) is 35.3 Å². The van der Waals surface area contributed by atoms with Crippen LogP contribution >= 0.6 is 35.0 Å². The largest absolute Gasteiger partial charge is 0.389 e. The Morgan fingerprint density at radius 2 is 2.22 bits per heavy atom.